The molecule has 1 aromatic rings. The first-order chi connectivity index (χ1) is 7.74. The van der Waals surface area contributed by atoms with E-state index in [4.69, 9.17) is 0 Å². The minimum Gasteiger partial charge on any atom is -0.311 e. The Morgan fingerprint density at radius 2 is 1.88 bits per heavy atom. The van der Waals surface area contributed by atoms with E-state index in [1.54, 1.807) is 0 Å². The molecular formula is C14H18FN. The van der Waals surface area contributed by atoms with Gasteiger partial charge < -0.3 is 5.32 Å². The van der Waals surface area contributed by atoms with Crippen LogP contribution in [0.3, 0.4) is 0 Å². The third-order valence-corrected chi connectivity index (χ3v) is 4.13. The van der Waals surface area contributed by atoms with Crippen molar-refractivity contribution in [2.45, 2.75) is 50.6 Å². The molecular weight excluding hydrogens is 201 g/mol. The normalized spacial score (nSPS) is 33.0. The van der Waals surface area contributed by atoms with Crippen LogP contribution in [-0.4, -0.2) is 12.1 Å². The number of piperidine rings is 1. The third kappa shape index (κ3) is 1.65. The quantitative estimate of drug-likeness (QED) is 0.765. The fraction of sp³-hybridized carbons (Fsp3) is 0.571. The molecule has 1 N–H and O–H groups in total. The van der Waals surface area contributed by atoms with E-state index in [9.17, 15) is 4.39 Å². The van der Waals surface area contributed by atoms with Crippen LogP contribution >= 0.6 is 0 Å². The van der Waals surface area contributed by atoms with Gasteiger partial charge in [0.2, 0.25) is 0 Å². The fourth-order valence-corrected chi connectivity index (χ4v) is 3.30. The summed E-state index contributed by atoms with van der Waals surface area (Å²) in [5.74, 6) is 0.451. The van der Waals surface area contributed by atoms with Gasteiger partial charge in [0.25, 0.3) is 0 Å². The van der Waals surface area contributed by atoms with Crippen LogP contribution in [0, 0.1) is 12.7 Å². The van der Waals surface area contributed by atoms with Crippen LogP contribution in [-0.2, 0) is 0 Å². The maximum Gasteiger partial charge on any atom is 0.129 e. The molecule has 3 atom stereocenters. The van der Waals surface area contributed by atoms with E-state index >= 15 is 0 Å². The van der Waals surface area contributed by atoms with E-state index in [-0.39, 0.29) is 5.82 Å². The molecule has 0 aliphatic carbocycles. The molecule has 2 bridgehead atoms. The van der Waals surface area contributed by atoms with E-state index in [0.717, 1.165) is 24.0 Å². The van der Waals surface area contributed by atoms with E-state index in [0.29, 0.717) is 18.0 Å². The predicted molar refractivity (Wildman–Crippen MR) is 63.1 cm³/mol. The summed E-state index contributed by atoms with van der Waals surface area (Å²) in [6.45, 7) is 1.86. The second kappa shape index (κ2) is 3.85. The van der Waals surface area contributed by atoms with Crippen molar-refractivity contribution < 1.29 is 4.39 Å². The number of aryl methyl sites for hydroxylation is 1. The fourth-order valence-electron chi connectivity index (χ4n) is 3.30. The van der Waals surface area contributed by atoms with Crippen LogP contribution in [0.2, 0.25) is 0 Å². The summed E-state index contributed by atoms with van der Waals surface area (Å²) in [5, 5.41) is 3.60. The molecule has 2 fully saturated rings. The zero-order chi connectivity index (χ0) is 11.1. The zero-order valence-electron chi connectivity index (χ0n) is 9.67. The molecule has 1 nitrogen and oxygen atoms in total. The monoisotopic (exact) mass is 219 g/mol. The molecule has 2 aliphatic rings. The number of hydrogen-bond donors (Lipinski definition) is 1. The van der Waals surface area contributed by atoms with Gasteiger partial charge in [-0.25, -0.2) is 4.39 Å². The molecule has 2 heteroatoms. The van der Waals surface area contributed by atoms with Crippen LogP contribution in [0.4, 0.5) is 4.39 Å². The minimum absolute atomic E-state index is 0.0220. The highest BCUT2D eigenvalue weighted by Gasteiger charge is 2.34. The molecule has 2 heterocycles. The Labute approximate surface area is 96.1 Å². The van der Waals surface area contributed by atoms with Gasteiger partial charge in [-0.15, -0.1) is 0 Å². The van der Waals surface area contributed by atoms with Crippen molar-refractivity contribution in [3.05, 3.63) is 35.1 Å². The van der Waals surface area contributed by atoms with Gasteiger partial charge in [-0.05, 0) is 49.7 Å². The van der Waals surface area contributed by atoms with E-state index in [1.807, 2.05) is 25.1 Å². The first kappa shape index (κ1) is 10.3. The molecule has 0 radical (unpaired) electrons. The molecule has 0 amide bonds. The average molecular weight is 219 g/mol. The van der Waals surface area contributed by atoms with Gasteiger partial charge in [-0.2, -0.15) is 0 Å². The molecule has 1 unspecified atom stereocenters. The van der Waals surface area contributed by atoms with Crippen molar-refractivity contribution in [3.63, 3.8) is 0 Å². The lowest BCUT2D eigenvalue weighted by atomic mass is 9.85. The molecule has 0 saturated carbocycles. The van der Waals surface area contributed by atoms with Crippen molar-refractivity contribution in [3.8, 4) is 0 Å². The topological polar surface area (TPSA) is 12.0 Å². The summed E-state index contributed by atoms with van der Waals surface area (Å²) in [4.78, 5) is 0. The van der Waals surface area contributed by atoms with Crippen LogP contribution < -0.4 is 5.32 Å². The van der Waals surface area contributed by atoms with E-state index < -0.39 is 0 Å². The Morgan fingerprint density at radius 3 is 2.56 bits per heavy atom. The minimum atomic E-state index is 0.0220. The number of fused-ring (bicyclic) bond motifs is 2. The Bertz CT molecular complexity index is 390. The molecule has 86 valence electrons. The Morgan fingerprint density at radius 1 is 1.19 bits per heavy atom. The molecule has 3 rings (SSSR count). The standard InChI is InChI=1S/C14H18FN/c1-9-3-2-4-13(14(9)15)10-7-11-5-6-12(8-10)16-11/h2-4,10-12,16H,5-8H2,1H3/t10?,11-,12+. The number of hydrogen-bond acceptors (Lipinski definition) is 1. The molecule has 0 aromatic heterocycles. The van der Waals surface area contributed by atoms with Crippen LogP contribution in [0.1, 0.15) is 42.7 Å². The summed E-state index contributed by atoms with van der Waals surface area (Å²) >= 11 is 0. The number of halogens is 1. The highest BCUT2D eigenvalue weighted by Crippen LogP contribution is 2.38. The predicted octanol–water partition coefficient (Wildman–Crippen LogP) is 3.13. The largest absolute Gasteiger partial charge is 0.311 e. The second-order valence-corrected chi connectivity index (χ2v) is 5.28. The van der Waals surface area contributed by atoms with Gasteiger partial charge in [0.1, 0.15) is 5.82 Å². The average Bonchev–Trinajstić information content (AvgIpc) is 2.62. The summed E-state index contributed by atoms with van der Waals surface area (Å²) in [7, 11) is 0. The van der Waals surface area contributed by atoms with Crippen molar-refractivity contribution in [2.24, 2.45) is 0 Å². The molecule has 0 spiro atoms. The highest BCUT2D eigenvalue weighted by atomic mass is 19.1. The van der Waals surface area contributed by atoms with E-state index in [1.165, 1.54) is 12.8 Å². The Kier molecular flexibility index (Phi) is 2.47. The van der Waals surface area contributed by atoms with Crippen molar-refractivity contribution >= 4 is 0 Å². The van der Waals surface area contributed by atoms with Crippen LogP contribution in [0.25, 0.3) is 0 Å². The Balaban J connectivity index is 1.89. The lowest BCUT2D eigenvalue weighted by molar-refractivity contribution is 0.356. The summed E-state index contributed by atoms with van der Waals surface area (Å²) < 4.78 is 14.0. The van der Waals surface area contributed by atoms with Crippen molar-refractivity contribution in [2.75, 3.05) is 0 Å². The number of rotatable bonds is 1. The summed E-state index contributed by atoms with van der Waals surface area (Å²) in [6.07, 6.45) is 4.76. The number of benzene rings is 1. The maximum absolute atomic E-state index is 14.0. The third-order valence-electron chi connectivity index (χ3n) is 4.13. The lowest BCUT2D eigenvalue weighted by Gasteiger charge is -2.29. The van der Waals surface area contributed by atoms with Gasteiger partial charge in [-0.1, -0.05) is 18.2 Å². The van der Waals surface area contributed by atoms with Gasteiger partial charge in [-0.3, -0.25) is 0 Å². The van der Waals surface area contributed by atoms with Crippen LogP contribution in [0.15, 0.2) is 18.2 Å². The van der Waals surface area contributed by atoms with Crippen molar-refractivity contribution in [1.82, 2.24) is 5.32 Å². The zero-order valence-corrected chi connectivity index (χ0v) is 9.67. The van der Waals surface area contributed by atoms with Crippen LogP contribution in [0.5, 0.6) is 0 Å². The molecule has 2 saturated heterocycles. The van der Waals surface area contributed by atoms with Crippen molar-refractivity contribution in [1.29, 1.82) is 0 Å². The van der Waals surface area contributed by atoms with E-state index in [2.05, 4.69) is 5.32 Å². The second-order valence-electron chi connectivity index (χ2n) is 5.28. The Hall–Kier alpha value is -0.890. The summed E-state index contributed by atoms with van der Waals surface area (Å²) in [6, 6.07) is 7.07. The SMILES string of the molecule is Cc1cccc(C2C[C@H]3CC[C@@H](C2)N3)c1F. The van der Waals surface area contributed by atoms with Gasteiger partial charge >= 0.3 is 0 Å². The maximum atomic E-state index is 14.0. The van der Waals surface area contributed by atoms with Gasteiger partial charge in [0.05, 0.1) is 0 Å². The first-order valence-corrected chi connectivity index (χ1v) is 6.25. The molecule has 2 aliphatic heterocycles. The molecule has 16 heavy (non-hydrogen) atoms. The first-order valence-electron chi connectivity index (χ1n) is 6.25. The van der Waals surface area contributed by atoms with Gasteiger partial charge in [0, 0.05) is 12.1 Å². The van der Waals surface area contributed by atoms with Gasteiger partial charge in [0.15, 0.2) is 0 Å². The highest BCUT2D eigenvalue weighted by molar-refractivity contribution is 5.29. The lowest BCUT2D eigenvalue weighted by Crippen LogP contribution is -2.37. The smallest absolute Gasteiger partial charge is 0.129 e. The molecule has 1 aromatic carbocycles. The summed E-state index contributed by atoms with van der Waals surface area (Å²) in [5.41, 5.74) is 1.72. The number of nitrogens with one attached hydrogen (secondary N) is 1.